The van der Waals surface area contributed by atoms with Gasteiger partial charge in [0.2, 0.25) is 5.91 Å². The van der Waals surface area contributed by atoms with Gasteiger partial charge in [0.05, 0.1) is 0 Å². The summed E-state index contributed by atoms with van der Waals surface area (Å²) in [6.07, 6.45) is 7.09. The molecule has 2 aliphatic rings. The lowest BCUT2D eigenvalue weighted by atomic mass is 9.73. The van der Waals surface area contributed by atoms with E-state index in [0.29, 0.717) is 13.0 Å². The first-order valence-corrected chi connectivity index (χ1v) is 9.20. The van der Waals surface area contributed by atoms with Crippen molar-refractivity contribution in [2.75, 3.05) is 19.6 Å². The van der Waals surface area contributed by atoms with Crippen LogP contribution in [0.5, 0.6) is 0 Å². The summed E-state index contributed by atoms with van der Waals surface area (Å²) < 4.78 is 0. The van der Waals surface area contributed by atoms with Crippen LogP contribution in [0.2, 0.25) is 0 Å². The molecule has 0 bridgehead atoms. The third-order valence-electron chi connectivity index (χ3n) is 5.21. The van der Waals surface area contributed by atoms with Crippen molar-refractivity contribution in [2.24, 2.45) is 5.41 Å². The zero-order valence-electron chi connectivity index (χ0n) is 15.2. The van der Waals surface area contributed by atoms with Crippen molar-refractivity contribution in [3.63, 3.8) is 0 Å². The molecule has 0 saturated carbocycles. The van der Waals surface area contributed by atoms with Crippen LogP contribution in [0.1, 0.15) is 45.1 Å². The second kappa shape index (κ2) is 7.42. The zero-order valence-corrected chi connectivity index (χ0v) is 15.2. The molecule has 2 aliphatic heterocycles. The molecule has 3 amide bonds. The second-order valence-electron chi connectivity index (χ2n) is 7.74. The van der Waals surface area contributed by atoms with Gasteiger partial charge < -0.3 is 15.1 Å². The predicted octanol–water partition coefficient (Wildman–Crippen LogP) is 2.40. The molecule has 0 aromatic carbocycles. The summed E-state index contributed by atoms with van der Waals surface area (Å²) in [4.78, 5) is 32.8. The van der Waals surface area contributed by atoms with Gasteiger partial charge in [-0.05, 0) is 44.7 Å². The molecular weight excluding hydrogens is 316 g/mol. The summed E-state index contributed by atoms with van der Waals surface area (Å²) in [5, 5.41) is 2.99. The van der Waals surface area contributed by atoms with Gasteiger partial charge in [-0.15, -0.1) is 0 Å². The molecule has 1 aromatic heterocycles. The van der Waals surface area contributed by atoms with Gasteiger partial charge >= 0.3 is 6.03 Å². The van der Waals surface area contributed by atoms with Gasteiger partial charge in [-0.25, -0.2) is 4.79 Å². The van der Waals surface area contributed by atoms with E-state index in [1.165, 1.54) is 0 Å². The summed E-state index contributed by atoms with van der Waals surface area (Å²) in [5.74, 6) is 0.207. The molecule has 136 valence electrons. The summed E-state index contributed by atoms with van der Waals surface area (Å²) in [6.45, 7) is 6.83. The number of carbonyl (C=O) groups excluding carboxylic acids is 2. The number of nitrogens with zero attached hydrogens (tertiary/aromatic N) is 3. The standard InChI is InChI=1S/C19H28N4O2/c1-15(2)21-18(25)22-10-4-7-19(13-22)8-6-17(24)23(14-19)12-16-5-3-9-20-11-16/h3,5,9,11,15H,4,6-8,10,12-14H2,1-2H3,(H,21,25)/t19-/m1/s1. The molecule has 1 aromatic rings. The molecule has 2 saturated heterocycles. The van der Waals surface area contributed by atoms with E-state index in [4.69, 9.17) is 0 Å². The number of rotatable bonds is 3. The highest BCUT2D eigenvalue weighted by molar-refractivity contribution is 5.77. The van der Waals surface area contributed by atoms with Gasteiger partial charge in [-0.3, -0.25) is 9.78 Å². The SMILES string of the molecule is CC(C)NC(=O)N1CCC[C@@]2(CCC(=O)N(Cc3cccnc3)C2)C1. The Morgan fingerprint density at radius 2 is 2.20 bits per heavy atom. The number of pyridine rings is 1. The number of likely N-dealkylation sites (tertiary alicyclic amines) is 2. The Kier molecular flexibility index (Phi) is 5.25. The lowest BCUT2D eigenvalue weighted by molar-refractivity contribution is -0.139. The van der Waals surface area contributed by atoms with Crippen LogP contribution < -0.4 is 5.32 Å². The average molecular weight is 344 g/mol. The van der Waals surface area contributed by atoms with Crippen molar-refractivity contribution in [3.8, 4) is 0 Å². The van der Waals surface area contributed by atoms with E-state index in [1.54, 1.807) is 6.20 Å². The molecule has 0 unspecified atom stereocenters. The second-order valence-corrected chi connectivity index (χ2v) is 7.74. The lowest BCUT2D eigenvalue weighted by Crippen LogP contribution is -2.56. The Morgan fingerprint density at radius 3 is 2.92 bits per heavy atom. The molecule has 3 rings (SSSR count). The van der Waals surface area contributed by atoms with E-state index in [9.17, 15) is 9.59 Å². The van der Waals surface area contributed by atoms with Crippen LogP contribution in [-0.4, -0.2) is 52.4 Å². The highest BCUT2D eigenvalue weighted by Gasteiger charge is 2.42. The summed E-state index contributed by atoms with van der Waals surface area (Å²) in [7, 11) is 0. The molecule has 1 spiro atoms. The normalized spacial score (nSPS) is 24.0. The topological polar surface area (TPSA) is 65.5 Å². The quantitative estimate of drug-likeness (QED) is 0.916. The van der Waals surface area contributed by atoms with E-state index in [2.05, 4.69) is 10.3 Å². The van der Waals surface area contributed by atoms with Crippen LogP contribution >= 0.6 is 0 Å². The molecule has 2 fully saturated rings. The maximum Gasteiger partial charge on any atom is 0.317 e. The Labute approximate surface area is 149 Å². The fourth-order valence-corrected chi connectivity index (χ4v) is 4.01. The maximum absolute atomic E-state index is 12.4. The third kappa shape index (κ3) is 4.30. The first-order valence-electron chi connectivity index (χ1n) is 9.20. The Morgan fingerprint density at radius 1 is 1.36 bits per heavy atom. The van der Waals surface area contributed by atoms with Gasteiger partial charge in [0.25, 0.3) is 0 Å². The minimum Gasteiger partial charge on any atom is -0.338 e. The number of aromatic nitrogens is 1. The van der Waals surface area contributed by atoms with Crippen molar-refractivity contribution < 1.29 is 9.59 Å². The zero-order chi connectivity index (χ0) is 17.9. The average Bonchev–Trinajstić information content (AvgIpc) is 2.59. The molecule has 1 atom stereocenters. The van der Waals surface area contributed by atoms with Crippen molar-refractivity contribution in [3.05, 3.63) is 30.1 Å². The Balaban J connectivity index is 1.68. The maximum atomic E-state index is 12.4. The van der Waals surface area contributed by atoms with Crippen molar-refractivity contribution in [2.45, 2.75) is 52.1 Å². The molecule has 0 radical (unpaired) electrons. The highest BCUT2D eigenvalue weighted by Crippen LogP contribution is 2.39. The summed E-state index contributed by atoms with van der Waals surface area (Å²) in [5.41, 5.74) is 1.08. The fraction of sp³-hybridized carbons (Fsp3) is 0.632. The molecular formula is C19H28N4O2. The minimum absolute atomic E-state index is 0.0183. The van der Waals surface area contributed by atoms with Crippen molar-refractivity contribution >= 4 is 11.9 Å². The summed E-state index contributed by atoms with van der Waals surface area (Å²) >= 11 is 0. The van der Waals surface area contributed by atoms with Gasteiger partial charge in [0.15, 0.2) is 0 Å². The molecule has 6 nitrogen and oxygen atoms in total. The van der Waals surface area contributed by atoms with Crippen LogP contribution in [-0.2, 0) is 11.3 Å². The Hall–Kier alpha value is -2.11. The lowest BCUT2D eigenvalue weighted by Gasteiger charge is -2.48. The van der Waals surface area contributed by atoms with Gasteiger partial charge in [-0.2, -0.15) is 0 Å². The first-order chi connectivity index (χ1) is 12.0. The van der Waals surface area contributed by atoms with E-state index in [0.717, 1.165) is 44.5 Å². The number of carbonyl (C=O) groups is 2. The molecule has 6 heteroatoms. The van der Waals surface area contributed by atoms with Gasteiger partial charge in [0, 0.05) is 56.5 Å². The molecule has 25 heavy (non-hydrogen) atoms. The first kappa shape index (κ1) is 17.7. The number of urea groups is 1. The number of amides is 3. The van der Waals surface area contributed by atoms with E-state index in [-0.39, 0.29) is 23.4 Å². The van der Waals surface area contributed by atoms with Crippen LogP contribution in [0, 0.1) is 5.41 Å². The molecule has 3 heterocycles. The number of hydrogen-bond donors (Lipinski definition) is 1. The number of hydrogen-bond acceptors (Lipinski definition) is 3. The monoisotopic (exact) mass is 344 g/mol. The van der Waals surface area contributed by atoms with Gasteiger partial charge in [-0.1, -0.05) is 6.07 Å². The van der Waals surface area contributed by atoms with Crippen molar-refractivity contribution in [1.29, 1.82) is 0 Å². The van der Waals surface area contributed by atoms with Crippen molar-refractivity contribution in [1.82, 2.24) is 20.1 Å². The summed E-state index contributed by atoms with van der Waals surface area (Å²) in [6, 6.07) is 4.06. The van der Waals surface area contributed by atoms with E-state index < -0.39 is 0 Å². The number of piperidine rings is 2. The van der Waals surface area contributed by atoms with Crippen LogP contribution in [0.15, 0.2) is 24.5 Å². The Bertz CT molecular complexity index is 619. The van der Waals surface area contributed by atoms with Crippen LogP contribution in [0.25, 0.3) is 0 Å². The van der Waals surface area contributed by atoms with Crippen LogP contribution in [0.3, 0.4) is 0 Å². The largest absolute Gasteiger partial charge is 0.338 e. The minimum atomic E-state index is 0.0183. The van der Waals surface area contributed by atoms with E-state index >= 15 is 0 Å². The smallest absolute Gasteiger partial charge is 0.317 e. The molecule has 0 aliphatic carbocycles. The predicted molar refractivity (Wildman–Crippen MR) is 95.8 cm³/mol. The highest BCUT2D eigenvalue weighted by atomic mass is 16.2. The number of nitrogens with one attached hydrogen (secondary N) is 1. The molecule has 1 N–H and O–H groups in total. The van der Waals surface area contributed by atoms with Gasteiger partial charge in [0.1, 0.15) is 0 Å². The third-order valence-corrected chi connectivity index (χ3v) is 5.21. The fourth-order valence-electron chi connectivity index (χ4n) is 4.01. The van der Waals surface area contributed by atoms with E-state index in [1.807, 2.05) is 42.0 Å². The van der Waals surface area contributed by atoms with Crippen LogP contribution in [0.4, 0.5) is 4.79 Å².